The predicted octanol–water partition coefficient (Wildman–Crippen LogP) is 1.42. The van der Waals surface area contributed by atoms with Gasteiger partial charge in [-0.3, -0.25) is 5.01 Å². The molecular weight excluding hydrogens is 168 g/mol. The molecule has 0 radical (unpaired) electrons. The van der Waals surface area contributed by atoms with E-state index in [4.69, 9.17) is 4.74 Å². The van der Waals surface area contributed by atoms with Gasteiger partial charge in [-0.05, 0) is 19.9 Å². The Balaban J connectivity index is 2.32. The van der Waals surface area contributed by atoms with Crippen molar-refractivity contribution >= 4 is 6.09 Å². The molecule has 4 nitrogen and oxygen atoms in total. The lowest BCUT2D eigenvalue weighted by molar-refractivity contribution is 0.128. The van der Waals surface area contributed by atoms with E-state index in [9.17, 15) is 4.79 Å². The average molecular weight is 182 g/mol. The molecule has 0 saturated heterocycles. The quantitative estimate of drug-likeness (QED) is 0.702. The second-order valence-electron chi connectivity index (χ2n) is 2.75. The third kappa shape index (κ3) is 3.19. The fourth-order valence-corrected chi connectivity index (χ4v) is 0.942. The van der Waals surface area contributed by atoms with Gasteiger partial charge in [0.2, 0.25) is 0 Å². The highest BCUT2D eigenvalue weighted by molar-refractivity contribution is 5.66. The van der Waals surface area contributed by atoms with Gasteiger partial charge < -0.3 is 4.74 Å². The average Bonchev–Trinajstić information content (AvgIpc) is 2.09. The Morgan fingerprint density at radius 3 is 3.08 bits per heavy atom. The zero-order chi connectivity index (χ0) is 9.68. The zero-order valence-electron chi connectivity index (χ0n) is 7.91. The number of hydrogen-bond donors (Lipinski definition) is 1. The minimum absolute atomic E-state index is 0.387. The van der Waals surface area contributed by atoms with E-state index in [0.29, 0.717) is 13.2 Å². The van der Waals surface area contributed by atoms with Crippen LogP contribution in [0.3, 0.4) is 0 Å². The Morgan fingerprint density at radius 1 is 1.77 bits per heavy atom. The maximum Gasteiger partial charge on any atom is 0.426 e. The van der Waals surface area contributed by atoms with Crippen molar-refractivity contribution in [3.8, 4) is 0 Å². The first-order valence-electron chi connectivity index (χ1n) is 4.27. The number of carbonyl (C=O) groups is 1. The molecule has 0 spiro atoms. The summed E-state index contributed by atoms with van der Waals surface area (Å²) in [5.41, 5.74) is 3.78. The van der Waals surface area contributed by atoms with Gasteiger partial charge in [-0.25, -0.2) is 10.2 Å². The summed E-state index contributed by atoms with van der Waals surface area (Å²) in [6.07, 6.45) is 5.34. The number of carbonyl (C=O) groups excluding carboxylic acids is 1. The smallest absolute Gasteiger partial charge is 0.426 e. The summed E-state index contributed by atoms with van der Waals surface area (Å²) in [5, 5.41) is 1.67. The van der Waals surface area contributed by atoms with E-state index < -0.39 is 6.09 Å². The van der Waals surface area contributed by atoms with Gasteiger partial charge >= 0.3 is 6.09 Å². The summed E-state index contributed by atoms with van der Waals surface area (Å²) in [4.78, 5) is 11.0. The van der Waals surface area contributed by atoms with E-state index >= 15 is 0 Å². The first-order valence-corrected chi connectivity index (χ1v) is 4.27. The van der Waals surface area contributed by atoms with Crippen molar-refractivity contribution in [2.24, 2.45) is 0 Å². The van der Waals surface area contributed by atoms with E-state index in [2.05, 4.69) is 5.43 Å². The molecule has 4 heteroatoms. The molecule has 1 amide bonds. The van der Waals surface area contributed by atoms with Crippen molar-refractivity contribution in [3.05, 3.63) is 23.9 Å². The predicted molar refractivity (Wildman–Crippen MR) is 49.8 cm³/mol. The van der Waals surface area contributed by atoms with Crippen molar-refractivity contribution in [3.63, 3.8) is 0 Å². The summed E-state index contributed by atoms with van der Waals surface area (Å²) in [7, 11) is 0. The van der Waals surface area contributed by atoms with E-state index in [1.165, 1.54) is 5.57 Å². The van der Waals surface area contributed by atoms with E-state index in [1.807, 2.05) is 25.3 Å². The van der Waals surface area contributed by atoms with Gasteiger partial charge in [-0.1, -0.05) is 11.6 Å². The van der Waals surface area contributed by atoms with Crippen LogP contribution in [0.4, 0.5) is 4.79 Å². The van der Waals surface area contributed by atoms with Crippen molar-refractivity contribution in [1.82, 2.24) is 10.4 Å². The van der Waals surface area contributed by atoms with Crippen LogP contribution in [-0.2, 0) is 4.74 Å². The number of rotatable bonds is 2. The Morgan fingerprint density at radius 2 is 2.54 bits per heavy atom. The van der Waals surface area contributed by atoms with E-state index in [-0.39, 0.29) is 0 Å². The summed E-state index contributed by atoms with van der Waals surface area (Å²) in [5.74, 6) is 0. The number of hydrazine groups is 1. The Labute approximate surface area is 77.8 Å². The molecule has 0 bridgehead atoms. The number of amides is 1. The molecule has 0 saturated carbocycles. The van der Waals surface area contributed by atoms with Crippen LogP contribution in [-0.4, -0.2) is 24.3 Å². The first-order chi connectivity index (χ1) is 6.22. The number of allylic oxidation sites excluding steroid dienone is 2. The van der Waals surface area contributed by atoms with Gasteiger partial charge in [0.15, 0.2) is 0 Å². The summed E-state index contributed by atoms with van der Waals surface area (Å²) < 4.78 is 4.73. The van der Waals surface area contributed by atoms with Crippen LogP contribution in [0.25, 0.3) is 0 Å². The SMILES string of the molecule is CCOC(=O)NN1C=CC(C)=CC1. The van der Waals surface area contributed by atoms with Crippen molar-refractivity contribution in [2.75, 3.05) is 13.2 Å². The molecule has 1 aliphatic rings. The molecule has 72 valence electrons. The molecule has 0 fully saturated rings. The molecule has 0 unspecified atom stereocenters. The summed E-state index contributed by atoms with van der Waals surface area (Å²) in [6, 6.07) is 0. The van der Waals surface area contributed by atoms with Crippen molar-refractivity contribution < 1.29 is 9.53 Å². The minimum atomic E-state index is -0.417. The molecule has 13 heavy (non-hydrogen) atoms. The van der Waals surface area contributed by atoms with Crippen LogP contribution < -0.4 is 5.43 Å². The molecule has 0 aliphatic carbocycles. The van der Waals surface area contributed by atoms with Gasteiger partial charge in [-0.15, -0.1) is 0 Å². The maximum absolute atomic E-state index is 11.0. The minimum Gasteiger partial charge on any atom is -0.449 e. The van der Waals surface area contributed by atoms with Crippen LogP contribution in [0.5, 0.6) is 0 Å². The fraction of sp³-hybridized carbons (Fsp3) is 0.444. The van der Waals surface area contributed by atoms with Crippen molar-refractivity contribution in [2.45, 2.75) is 13.8 Å². The van der Waals surface area contributed by atoms with E-state index in [1.54, 1.807) is 11.9 Å². The third-order valence-corrected chi connectivity index (χ3v) is 1.64. The maximum atomic E-state index is 11.0. The van der Waals surface area contributed by atoms with Gasteiger partial charge in [0.05, 0.1) is 13.2 Å². The molecule has 0 atom stereocenters. The molecule has 0 aromatic carbocycles. The van der Waals surface area contributed by atoms with Crippen LogP contribution in [0.15, 0.2) is 23.9 Å². The lowest BCUT2D eigenvalue weighted by Crippen LogP contribution is -2.39. The normalized spacial score (nSPS) is 15.2. The van der Waals surface area contributed by atoms with Gasteiger partial charge in [0.1, 0.15) is 0 Å². The van der Waals surface area contributed by atoms with Crippen LogP contribution in [0.1, 0.15) is 13.8 Å². The topological polar surface area (TPSA) is 41.6 Å². The number of nitrogens with zero attached hydrogens (tertiary/aromatic N) is 1. The molecule has 0 aromatic heterocycles. The molecule has 1 aliphatic heterocycles. The van der Waals surface area contributed by atoms with Crippen LogP contribution in [0, 0.1) is 0 Å². The molecular formula is C9H14N2O2. The monoisotopic (exact) mass is 182 g/mol. The standard InChI is InChI=1S/C9H14N2O2/c1-3-13-9(12)10-11-6-4-8(2)5-7-11/h4-6H,3,7H2,1-2H3,(H,10,12). The number of ether oxygens (including phenoxy) is 1. The zero-order valence-corrected chi connectivity index (χ0v) is 7.91. The molecule has 1 heterocycles. The Hall–Kier alpha value is -1.45. The molecule has 1 rings (SSSR count). The largest absolute Gasteiger partial charge is 0.449 e. The fourth-order valence-electron chi connectivity index (χ4n) is 0.942. The van der Waals surface area contributed by atoms with Gasteiger partial charge in [0.25, 0.3) is 0 Å². The third-order valence-electron chi connectivity index (χ3n) is 1.64. The van der Waals surface area contributed by atoms with E-state index in [0.717, 1.165) is 0 Å². The summed E-state index contributed by atoms with van der Waals surface area (Å²) >= 11 is 0. The van der Waals surface area contributed by atoms with Gasteiger partial charge in [0, 0.05) is 6.20 Å². The lowest BCUT2D eigenvalue weighted by Gasteiger charge is -2.21. The summed E-state index contributed by atoms with van der Waals surface area (Å²) in [6.45, 7) is 4.85. The lowest BCUT2D eigenvalue weighted by atomic mass is 10.2. The Kier molecular flexibility index (Phi) is 3.37. The highest BCUT2D eigenvalue weighted by Gasteiger charge is 2.06. The number of hydrogen-bond acceptors (Lipinski definition) is 3. The second-order valence-corrected chi connectivity index (χ2v) is 2.75. The van der Waals surface area contributed by atoms with Crippen LogP contribution >= 0.6 is 0 Å². The highest BCUT2D eigenvalue weighted by atomic mass is 16.6. The Bertz CT molecular complexity index is 246. The molecule has 0 aromatic rings. The van der Waals surface area contributed by atoms with Crippen LogP contribution in [0.2, 0.25) is 0 Å². The van der Waals surface area contributed by atoms with Crippen molar-refractivity contribution in [1.29, 1.82) is 0 Å². The van der Waals surface area contributed by atoms with Gasteiger partial charge in [-0.2, -0.15) is 0 Å². The number of nitrogens with one attached hydrogen (secondary N) is 1. The highest BCUT2D eigenvalue weighted by Crippen LogP contribution is 2.03. The second kappa shape index (κ2) is 4.54. The first kappa shape index (κ1) is 9.64. The molecule has 1 N–H and O–H groups in total.